The van der Waals surface area contributed by atoms with Gasteiger partial charge in [-0.1, -0.05) is 13.8 Å². The monoisotopic (exact) mass is 226 g/mol. The lowest BCUT2D eigenvalue weighted by atomic mass is 9.47. The Balaban J connectivity index is 2.16. The van der Waals surface area contributed by atoms with Gasteiger partial charge in [0.2, 0.25) is 0 Å². The van der Waals surface area contributed by atoms with Gasteiger partial charge in [-0.05, 0) is 42.6 Å². The quantitative estimate of drug-likeness (QED) is 0.534. The SMILES string of the molecule is CCOC(=O)C=C1[C@H](F)C[C@H]2C[C@H]1C2(C)C. The third-order valence-electron chi connectivity index (χ3n) is 4.30. The average Bonchev–Trinajstić information content (AvgIpc) is 2.20. The van der Waals surface area contributed by atoms with Crippen molar-refractivity contribution in [1.82, 2.24) is 0 Å². The van der Waals surface area contributed by atoms with Gasteiger partial charge in [0.25, 0.3) is 0 Å². The van der Waals surface area contributed by atoms with Crippen LogP contribution in [-0.4, -0.2) is 18.7 Å². The number of carbonyl (C=O) groups excluding carboxylic acids is 1. The molecule has 90 valence electrons. The number of fused-ring (bicyclic) bond motifs is 2. The van der Waals surface area contributed by atoms with Gasteiger partial charge in [-0.3, -0.25) is 0 Å². The van der Waals surface area contributed by atoms with Crippen LogP contribution in [0.4, 0.5) is 4.39 Å². The summed E-state index contributed by atoms with van der Waals surface area (Å²) in [4.78, 5) is 11.4. The second-order valence-corrected chi connectivity index (χ2v) is 5.41. The molecule has 3 saturated carbocycles. The van der Waals surface area contributed by atoms with Crippen LogP contribution in [0.25, 0.3) is 0 Å². The molecule has 0 N–H and O–H groups in total. The lowest BCUT2D eigenvalue weighted by Crippen LogP contribution is -2.52. The maximum atomic E-state index is 13.8. The zero-order valence-corrected chi connectivity index (χ0v) is 10.1. The first-order valence-corrected chi connectivity index (χ1v) is 5.99. The van der Waals surface area contributed by atoms with E-state index in [1.807, 2.05) is 0 Å². The zero-order chi connectivity index (χ0) is 11.9. The second-order valence-electron chi connectivity index (χ2n) is 5.41. The molecule has 0 aliphatic heterocycles. The van der Waals surface area contributed by atoms with Crippen LogP contribution in [0.2, 0.25) is 0 Å². The molecule has 0 saturated heterocycles. The van der Waals surface area contributed by atoms with Crippen molar-refractivity contribution >= 4 is 5.97 Å². The number of halogens is 1. The molecular formula is C13H19FO2. The third kappa shape index (κ3) is 1.66. The number of carbonyl (C=O) groups is 1. The van der Waals surface area contributed by atoms with E-state index in [0.717, 1.165) is 6.42 Å². The molecule has 0 aromatic rings. The topological polar surface area (TPSA) is 26.3 Å². The van der Waals surface area contributed by atoms with E-state index in [2.05, 4.69) is 13.8 Å². The van der Waals surface area contributed by atoms with Crippen LogP contribution in [0.1, 0.15) is 33.6 Å². The molecule has 16 heavy (non-hydrogen) atoms. The first-order valence-electron chi connectivity index (χ1n) is 5.99. The van der Waals surface area contributed by atoms with Crippen molar-refractivity contribution in [3.63, 3.8) is 0 Å². The number of alkyl halides is 1. The molecule has 3 rings (SSSR count). The Hall–Kier alpha value is -0.860. The predicted octanol–water partition coefficient (Wildman–Crippen LogP) is 2.88. The van der Waals surface area contributed by atoms with Crippen LogP contribution in [0.5, 0.6) is 0 Å². The number of rotatable bonds is 2. The molecule has 0 amide bonds. The van der Waals surface area contributed by atoms with E-state index in [9.17, 15) is 9.18 Å². The van der Waals surface area contributed by atoms with Gasteiger partial charge < -0.3 is 4.74 Å². The molecule has 3 aliphatic carbocycles. The summed E-state index contributed by atoms with van der Waals surface area (Å²) in [6.07, 6.45) is 2.03. The van der Waals surface area contributed by atoms with E-state index in [4.69, 9.17) is 4.74 Å². The van der Waals surface area contributed by atoms with Gasteiger partial charge in [0.15, 0.2) is 0 Å². The van der Waals surface area contributed by atoms with Crippen LogP contribution in [-0.2, 0) is 9.53 Å². The number of hydrogen-bond donors (Lipinski definition) is 0. The van der Waals surface area contributed by atoms with Crippen molar-refractivity contribution in [2.45, 2.75) is 39.8 Å². The standard InChI is InChI=1S/C13H19FO2/c1-4-16-12(15)7-9-10-5-8(6-11(9)14)13(10,2)3/h7-8,10-11H,4-6H2,1-3H3/t8-,10-,11-/m1/s1. The first kappa shape index (κ1) is 11.6. The Morgan fingerprint density at radius 3 is 2.81 bits per heavy atom. The van der Waals surface area contributed by atoms with Gasteiger partial charge in [-0.15, -0.1) is 0 Å². The number of hydrogen-bond acceptors (Lipinski definition) is 2. The molecule has 3 heteroatoms. The predicted molar refractivity (Wildman–Crippen MR) is 59.6 cm³/mol. The molecule has 0 unspecified atom stereocenters. The molecular weight excluding hydrogens is 207 g/mol. The van der Waals surface area contributed by atoms with Crippen LogP contribution in [0.3, 0.4) is 0 Å². The molecule has 2 bridgehead atoms. The van der Waals surface area contributed by atoms with E-state index < -0.39 is 12.1 Å². The highest BCUT2D eigenvalue weighted by molar-refractivity contribution is 5.83. The fourth-order valence-corrected chi connectivity index (χ4v) is 3.10. The largest absolute Gasteiger partial charge is 0.463 e. The highest BCUT2D eigenvalue weighted by atomic mass is 19.1. The van der Waals surface area contributed by atoms with Crippen molar-refractivity contribution in [2.24, 2.45) is 17.3 Å². The molecule has 0 aromatic carbocycles. The summed E-state index contributed by atoms with van der Waals surface area (Å²) >= 11 is 0. The summed E-state index contributed by atoms with van der Waals surface area (Å²) in [5, 5.41) is 0. The Kier molecular flexibility index (Phi) is 2.81. The third-order valence-corrected chi connectivity index (χ3v) is 4.30. The van der Waals surface area contributed by atoms with Crippen LogP contribution < -0.4 is 0 Å². The molecule has 0 heterocycles. The van der Waals surface area contributed by atoms with Crippen molar-refractivity contribution < 1.29 is 13.9 Å². The molecule has 0 aromatic heterocycles. The van der Waals surface area contributed by atoms with E-state index >= 15 is 0 Å². The summed E-state index contributed by atoms with van der Waals surface area (Å²) in [5.41, 5.74) is 0.812. The molecule has 0 radical (unpaired) electrons. The van der Waals surface area contributed by atoms with Gasteiger partial charge in [0.1, 0.15) is 6.17 Å². The van der Waals surface area contributed by atoms with Gasteiger partial charge in [-0.25, -0.2) is 9.18 Å². The summed E-state index contributed by atoms with van der Waals surface area (Å²) < 4.78 is 18.6. The average molecular weight is 226 g/mol. The lowest BCUT2D eigenvalue weighted by molar-refractivity contribution is -0.137. The van der Waals surface area contributed by atoms with E-state index in [1.165, 1.54) is 6.08 Å². The minimum atomic E-state index is -0.943. The van der Waals surface area contributed by atoms with Gasteiger partial charge in [-0.2, -0.15) is 0 Å². The van der Waals surface area contributed by atoms with Crippen LogP contribution in [0.15, 0.2) is 11.6 Å². The van der Waals surface area contributed by atoms with Crippen LogP contribution >= 0.6 is 0 Å². The van der Waals surface area contributed by atoms with E-state index in [1.54, 1.807) is 6.92 Å². The van der Waals surface area contributed by atoms with Gasteiger partial charge in [0, 0.05) is 6.08 Å². The number of ether oxygens (including phenoxy) is 1. The maximum absolute atomic E-state index is 13.8. The van der Waals surface area contributed by atoms with Gasteiger partial charge in [0.05, 0.1) is 6.61 Å². The molecule has 3 aliphatic rings. The number of allylic oxidation sites excluding steroid dienone is 1. The normalized spacial score (nSPS) is 38.0. The van der Waals surface area contributed by atoms with E-state index in [0.29, 0.717) is 24.5 Å². The van der Waals surface area contributed by atoms with Crippen molar-refractivity contribution in [3.05, 3.63) is 11.6 Å². The fraction of sp³-hybridized carbons (Fsp3) is 0.769. The smallest absolute Gasteiger partial charge is 0.330 e. The first-order chi connectivity index (χ1) is 7.46. The fourth-order valence-electron chi connectivity index (χ4n) is 3.10. The Morgan fingerprint density at radius 2 is 2.25 bits per heavy atom. The van der Waals surface area contributed by atoms with Crippen LogP contribution in [0, 0.1) is 17.3 Å². The minimum Gasteiger partial charge on any atom is -0.463 e. The van der Waals surface area contributed by atoms with Crippen molar-refractivity contribution in [1.29, 1.82) is 0 Å². The van der Waals surface area contributed by atoms with Crippen molar-refractivity contribution in [2.75, 3.05) is 6.61 Å². The van der Waals surface area contributed by atoms with Gasteiger partial charge >= 0.3 is 5.97 Å². The number of esters is 1. The summed E-state index contributed by atoms with van der Waals surface area (Å²) in [5.74, 6) is 0.304. The highest BCUT2D eigenvalue weighted by Crippen LogP contribution is 2.61. The molecule has 3 atom stereocenters. The molecule has 3 fully saturated rings. The summed E-state index contributed by atoms with van der Waals surface area (Å²) in [6.45, 7) is 6.43. The Bertz CT molecular complexity index is 333. The lowest BCUT2D eigenvalue weighted by Gasteiger charge is -2.58. The molecule has 0 spiro atoms. The minimum absolute atomic E-state index is 0.154. The van der Waals surface area contributed by atoms with Crippen molar-refractivity contribution in [3.8, 4) is 0 Å². The highest BCUT2D eigenvalue weighted by Gasteiger charge is 2.55. The Labute approximate surface area is 95.9 Å². The maximum Gasteiger partial charge on any atom is 0.330 e. The molecule has 2 nitrogen and oxygen atoms in total. The summed E-state index contributed by atoms with van der Waals surface area (Å²) in [6, 6.07) is 0. The Morgan fingerprint density at radius 1 is 1.56 bits per heavy atom. The summed E-state index contributed by atoms with van der Waals surface area (Å²) in [7, 11) is 0. The zero-order valence-electron chi connectivity index (χ0n) is 10.1. The second kappa shape index (κ2) is 3.86. The van der Waals surface area contributed by atoms with E-state index in [-0.39, 0.29) is 11.3 Å².